The van der Waals surface area contributed by atoms with Crippen molar-refractivity contribution in [2.45, 2.75) is 39.7 Å². The predicted molar refractivity (Wildman–Crippen MR) is 101 cm³/mol. The zero-order chi connectivity index (χ0) is 18.9. The monoisotopic (exact) mass is 353 g/mol. The Morgan fingerprint density at radius 2 is 1.85 bits per heavy atom. The molecule has 0 fully saturated rings. The molecule has 1 amide bonds. The van der Waals surface area contributed by atoms with Gasteiger partial charge >= 0.3 is 5.97 Å². The largest absolute Gasteiger partial charge is 0.450 e. The third-order valence-electron chi connectivity index (χ3n) is 4.71. The Morgan fingerprint density at radius 3 is 2.58 bits per heavy atom. The molecular weight excluding hydrogens is 330 g/mol. The van der Waals surface area contributed by atoms with E-state index in [2.05, 4.69) is 5.32 Å². The van der Waals surface area contributed by atoms with Crippen molar-refractivity contribution in [1.29, 1.82) is 0 Å². The van der Waals surface area contributed by atoms with E-state index < -0.39 is 5.97 Å². The van der Waals surface area contributed by atoms with Crippen molar-refractivity contribution in [3.63, 3.8) is 0 Å². The first-order valence-electron chi connectivity index (χ1n) is 8.71. The molecule has 136 valence electrons. The highest BCUT2D eigenvalue weighted by Gasteiger charge is 2.23. The topological polar surface area (TPSA) is 68.5 Å². The summed E-state index contributed by atoms with van der Waals surface area (Å²) in [7, 11) is 0. The summed E-state index contributed by atoms with van der Waals surface area (Å²) in [4.78, 5) is 24.4. The van der Waals surface area contributed by atoms with Crippen LogP contribution in [0.5, 0.6) is 0 Å². The van der Waals surface area contributed by atoms with Crippen molar-refractivity contribution in [3.8, 4) is 0 Å². The number of amides is 1. The van der Waals surface area contributed by atoms with Crippen LogP contribution in [0.4, 0.5) is 0 Å². The van der Waals surface area contributed by atoms with E-state index in [0.29, 0.717) is 11.1 Å². The van der Waals surface area contributed by atoms with E-state index in [-0.39, 0.29) is 23.8 Å². The highest BCUT2D eigenvalue weighted by atomic mass is 16.5. The number of benzene rings is 2. The molecular formula is C21H23NO4. The van der Waals surface area contributed by atoms with E-state index in [1.54, 1.807) is 0 Å². The van der Waals surface area contributed by atoms with Crippen LogP contribution < -0.4 is 5.32 Å². The van der Waals surface area contributed by atoms with Crippen LogP contribution >= 0.6 is 0 Å². The van der Waals surface area contributed by atoms with Crippen molar-refractivity contribution in [2.75, 3.05) is 6.61 Å². The number of carbonyl (C=O) groups is 2. The second-order valence-electron chi connectivity index (χ2n) is 7.08. The van der Waals surface area contributed by atoms with E-state index >= 15 is 0 Å². The van der Waals surface area contributed by atoms with Gasteiger partial charge in [0.2, 0.25) is 5.76 Å². The zero-order valence-electron chi connectivity index (χ0n) is 15.5. The maximum Gasteiger partial charge on any atom is 0.375 e. The highest BCUT2D eigenvalue weighted by Crippen LogP contribution is 2.32. The van der Waals surface area contributed by atoms with Gasteiger partial charge in [0.25, 0.3) is 5.91 Å². The van der Waals surface area contributed by atoms with Crippen LogP contribution in [-0.4, -0.2) is 24.0 Å². The van der Waals surface area contributed by atoms with E-state index in [0.717, 1.165) is 22.6 Å². The standard InChI is InChI=1S/C21H23NO4/c1-5-21(3,4)22-17(23)12-25-20(24)18-13(2)15-11-10-14-8-6-7-9-16(14)19(15)26-18/h6-11H,5,12H2,1-4H3,(H,22,23). The van der Waals surface area contributed by atoms with Gasteiger partial charge in [-0.2, -0.15) is 0 Å². The minimum atomic E-state index is -0.632. The third-order valence-corrected chi connectivity index (χ3v) is 4.71. The first-order valence-corrected chi connectivity index (χ1v) is 8.71. The molecule has 0 spiro atoms. The van der Waals surface area contributed by atoms with Crippen LogP contribution in [0.1, 0.15) is 43.3 Å². The van der Waals surface area contributed by atoms with Gasteiger partial charge in [-0.1, -0.05) is 43.3 Å². The Kier molecular flexibility index (Phi) is 4.72. The maximum atomic E-state index is 12.4. The summed E-state index contributed by atoms with van der Waals surface area (Å²) in [6.45, 7) is 7.30. The molecule has 0 saturated heterocycles. The lowest BCUT2D eigenvalue weighted by molar-refractivity contribution is -0.125. The van der Waals surface area contributed by atoms with Gasteiger partial charge < -0.3 is 14.5 Å². The molecule has 0 radical (unpaired) electrons. The van der Waals surface area contributed by atoms with Gasteiger partial charge in [0, 0.05) is 21.9 Å². The van der Waals surface area contributed by atoms with Gasteiger partial charge in [-0.25, -0.2) is 4.79 Å². The number of fused-ring (bicyclic) bond motifs is 3. The number of nitrogens with one attached hydrogen (secondary N) is 1. The first kappa shape index (κ1) is 18.0. The average Bonchev–Trinajstić information content (AvgIpc) is 2.97. The summed E-state index contributed by atoms with van der Waals surface area (Å²) in [6, 6.07) is 11.8. The van der Waals surface area contributed by atoms with E-state index in [9.17, 15) is 9.59 Å². The summed E-state index contributed by atoms with van der Waals surface area (Å²) in [5.74, 6) is -0.824. The summed E-state index contributed by atoms with van der Waals surface area (Å²) < 4.78 is 11.0. The molecule has 1 heterocycles. The highest BCUT2D eigenvalue weighted by molar-refractivity contribution is 6.08. The van der Waals surface area contributed by atoms with E-state index in [4.69, 9.17) is 9.15 Å². The first-order chi connectivity index (χ1) is 12.3. The molecule has 3 rings (SSSR count). The van der Waals surface area contributed by atoms with Crippen molar-refractivity contribution >= 4 is 33.6 Å². The normalized spacial score (nSPS) is 11.7. The van der Waals surface area contributed by atoms with Crippen molar-refractivity contribution in [2.24, 2.45) is 0 Å². The minimum Gasteiger partial charge on any atom is -0.450 e. The van der Waals surface area contributed by atoms with Gasteiger partial charge in [0.15, 0.2) is 6.61 Å². The molecule has 5 nitrogen and oxygen atoms in total. The molecule has 0 aliphatic heterocycles. The maximum absolute atomic E-state index is 12.4. The molecule has 0 atom stereocenters. The van der Waals surface area contributed by atoms with Crippen LogP contribution in [0.15, 0.2) is 40.8 Å². The van der Waals surface area contributed by atoms with Crippen LogP contribution in [0.25, 0.3) is 21.7 Å². The molecule has 26 heavy (non-hydrogen) atoms. The molecule has 3 aromatic rings. The summed E-state index contributed by atoms with van der Waals surface area (Å²) in [6.07, 6.45) is 0.780. The second-order valence-corrected chi connectivity index (χ2v) is 7.08. The number of carbonyl (C=O) groups excluding carboxylic acids is 2. The Balaban J connectivity index is 1.82. The Labute approximate surface area is 152 Å². The van der Waals surface area contributed by atoms with Crippen molar-refractivity contribution in [3.05, 3.63) is 47.7 Å². The fourth-order valence-corrected chi connectivity index (χ4v) is 2.84. The van der Waals surface area contributed by atoms with Gasteiger partial charge in [0.1, 0.15) is 5.58 Å². The molecule has 0 aliphatic carbocycles. The molecule has 0 bridgehead atoms. The Bertz CT molecular complexity index is 984. The van der Waals surface area contributed by atoms with Crippen LogP contribution in [0.2, 0.25) is 0 Å². The van der Waals surface area contributed by atoms with E-state index in [1.807, 2.05) is 64.1 Å². The van der Waals surface area contributed by atoms with Gasteiger partial charge in [-0.05, 0) is 32.6 Å². The lowest BCUT2D eigenvalue weighted by Crippen LogP contribution is -2.44. The van der Waals surface area contributed by atoms with Crippen LogP contribution in [0.3, 0.4) is 0 Å². The molecule has 1 N–H and O–H groups in total. The molecule has 0 aliphatic rings. The predicted octanol–water partition coefficient (Wildman–Crippen LogP) is 4.36. The number of hydrogen-bond acceptors (Lipinski definition) is 4. The van der Waals surface area contributed by atoms with Crippen LogP contribution in [-0.2, 0) is 9.53 Å². The Hall–Kier alpha value is -2.82. The molecule has 1 aromatic heterocycles. The Morgan fingerprint density at radius 1 is 1.12 bits per heavy atom. The summed E-state index contributed by atoms with van der Waals surface area (Å²) >= 11 is 0. The van der Waals surface area contributed by atoms with Crippen LogP contribution in [0, 0.1) is 6.92 Å². The minimum absolute atomic E-state index is 0.138. The quantitative estimate of drug-likeness (QED) is 0.692. The lowest BCUT2D eigenvalue weighted by atomic mass is 10.0. The zero-order valence-corrected chi connectivity index (χ0v) is 15.5. The number of hydrogen-bond donors (Lipinski definition) is 1. The van der Waals surface area contributed by atoms with Crippen molar-refractivity contribution < 1.29 is 18.7 Å². The lowest BCUT2D eigenvalue weighted by Gasteiger charge is -2.24. The average molecular weight is 353 g/mol. The summed E-state index contributed by atoms with van der Waals surface area (Å²) in [5, 5.41) is 5.68. The molecule has 0 unspecified atom stereocenters. The van der Waals surface area contributed by atoms with Gasteiger partial charge in [-0.3, -0.25) is 4.79 Å². The number of aryl methyl sites for hydroxylation is 1. The van der Waals surface area contributed by atoms with Crippen molar-refractivity contribution in [1.82, 2.24) is 5.32 Å². The third kappa shape index (κ3) is 3.43. The second kappa shape index (κ2) is 6.83. The van der Waals surface area contributed by atoms with Gasteiger partial charge in [0.05, 0.1) is 0 Å². The fourth-order valence-electron chi connectivity index (χ4n) is 2.84. The number of ether oxygens (including phenoxy) is 1. The smallest absolute Gasteiger partial charge is 0.375 e. The number of rotatable bonds is 5. The van der Waals surface area contributed by atoms with E-state index in [1.165, 1.54) is 0 Å². The summed E-state index contributed by atoms with van der Waals surface area (Å²) in [5.41, 5.74) is 1.03. The molecule has 2 aromatic carbocycles. The number of esters is 1. The van der Waals surface area contributed by atoms with Gasteiger partial charge in [-0.15, -0.1) is 0 Å². The molecule has 0 saturated carbocycles. The SMILES string of the molecule is CCC(C)(C)NC(=O)COC(=O)c1oc2c(ccc3ccccc32)c1C. The molecule has 5 heteroatoms. The number of furan rings is 1. The fraction of sp³-hybridized carbons (Fsp3) is 0.333.